The second-order valence-electron chi connectivity index (χ2n) is 1.44. The molecule has 0 N–H and O–H groups in total. The summed E-state index contributed by atoms with van der Waals surface area (Å²) in [5.41, 5.74) is -0.477. The van der Waals surface area contributed by atoms with Crippen molar-refractivity contribution in [3.05, 3.63) is 12.2 Å². The van der Waals surface area contributed by atoms with E-state index in [1.54, 1.807) is 0 Å². The first-order valence-corrected chi connectivity index (χ1v) is 2.13. The van der Waals surface area contributed by atoms with Crippen molar-refractivity contribution >= 4 is 11.9 Å². The highest BCUT2D eigenvalue weighted by molar-refractivity contribution is 5.89. The lowest BCUT2D eigenvalue weighted by molar-refractivity contribution is -0.309. The van der Waals surface area contributed by atoms with Crippen LogP contribution in [0, 0.1) is 0 Å². The Morgan fingerprint density at radius 2 is 1.55 bits per heavy atom. The predicted molar refractivity (Wildman–Crippen MR) is 23.8 cm³/mol. The van der Waals surface area contributed by atoms with E-state index in [0.29, 0.717) is 0 Å². The van der Waals surface area contributed by atoms with Gasteiger partial charge in [0, 0.05) is 12.4 Å². The minimum absolute atomic E-state index is 0. The number of carbonyl (C=O) groups is 2. The third-order valence-electron chi connectivity index (χ3n) is 0.646. The summed E-state index contributed by atoms with van der Waals surface area (Å²) in [4.78, 5) is 19.4. The van der Waals surface area contributed by atoms with E-state index in [1.165, 1.54) is 0 Å². The van der Waals surface area contributed by atoms with Gasteiger partial charge in [-0.3, -0.25) is 0 Å². The molecular formula is C5H4Cl2O4-4. The van der Waals surface area contributed by atoms with Gasteiger partial charge in [-0.05, 0) is 5.57 Å². The van der Waals surface area contributed by atoms with Crippen molar-refractivity contribution in [3.63, 3.8) is 0 Å². The van der Waals surface area contributed by atoms with Gasteiger partial charge in [0.1, 0.15) is 0 Å². The summed E-state index contributed by atoms with van der Waals surface area (Å²) < 4.78 is 0. The fourth-order valence-electron chi connectivity index (χ4n) is 0.246. The van der Waals surface area contributed by atoms with Crippen molar-refractivity contribution in [2.24, 2.45) is 0 Å². The van der Waals surface area contributed by atoms with Gasteiger partial charge >= 0.3 is 0 Å². The van der Waals surface area contributed by atoms with E-state index < -0.39 is 23.9 Å². The van der Waals surface area contributed by atoms with Crippen molar-refractivity contribution in [1.82, 2.24) is 0 Å². The number of aliphatic carboxylic acids is 2. The lowest BCUT2D eigenvalue weighted by atomic mass is 10.2. The van der Waals surface area contributed by atoms with Gasteiger partial charge in [-0.1, -0.05) is 6.58 Å². The number of carboxylic acid groups (broad SMARTS) is 2. The first kappa shape index (κ1) is 16.7. The normalized spacial score (nSPS) is 6.91. The first-order chi connectivity index (χ1) is 4.04. The van der Waals surface area contributed by atoms with Gasteiger partial charge in [-0.25, -0.2) is 0 Å². The van der Waals surface area contributed by atoms with Crippen LogP contribution in [0.4, 0.5) is 0 Å². The number of halogens is 2. The van der Waals surface area contributed by atoms with Crippen LogP contribution in [-0.4, -0.2) is 11.9 Å². The maximum absolute atomic E-state index is 9.73. The summed E-state index contributed by atoms with van der Waals surface area (Å²) >= 11 is 0. The standard InChI is InChI=1S/C5H6O4.2ClH/c1-3(5(8)9)2-4(6)7;;/h1-2H2,(H,6,7)(H,8,9);2*1H/p-4. The maximum Gasteiger partial charge on any atom is 0.0672 e. The molecule has 0 aliphatic rings. The zero-order valence-electron chi connectivity index (χ0n) is 5.30. The summed E-state index contributed by atoms with van der Waals surface area (Å²) in [6, 6.07) is 0. The average molecular weight is 199 g/mol. The van der Waals surface area contributed by atoms with Crippen LogP contribution >= 0.6 is 0 Å². The molecule has 0 aliphatic carbocycles. The van der Waals surface area contributed by atoms with E-state index in [0.717, 1.165) is 0 Å². The number of carboxylic acids is 2. The van der Waals surface area contributed by atoms with E-state index in [4.69, 9.17) is 0 Å². The molecule has 0 spiro atoms. The lowest BCUT2D eigenvalue weighted by Crippen LogP contribution is -3.00. The summed E-state index contributed by atoms with van der Waals surface area (Å²) in [6.07, 6.45) is -0.678. The van der Waals surface area contributed by atoms with Crippen molar-refractivity contribution < 1.29 is 44.6 Å². The van der Waals surface area contributed by atoms with Gasteiger partial charge in [0.05, 0.1) is 5.97 Å². The van der Waals surface area contributed by atoms with Crippen LogP contribution in [0.25, 0.3) is 0 Å². The molecule has 0 unspecified atom stereocenters. The maximum atomic E-state index is 9.73. The molecule has 0 radical (unpaired) electrons. The Kier molecular flexibility index (Phi) is 11.2. The molecule has 4 nitrogen and oxygen atoms in total. The van der Waals surface area contributed by atoms with Crippen molar-refractivity contribution in [3.8, 4) is 0 Å². The second-order valence-corrected chi connectivity index (χ2v) is 1.44. The Hall–Kier alpha value is -0.740. The second kappa shape index (κ2) is 7.37. The first-order valence-electron chi connectivity index (χ1n) is 2.13. The molecule has 0 atom stereocenters. The summed E-state index contributed by atoms with van der Waals surface area (Å²) in [7, 11) is 0. The average Bonchev–Trinajstić information content (AvgIpc) is 1.63. The van der Waals surface area contributed by atoms with Gasteiger partial charge in [-0.15, -0.1) is 0 Å². The predicted octanol–water partition coefficient (Wildman–Crippen LogP) is -8.56. The van der Waals surface area contributed by atoms with Crippen molar-refractivity contribution in [2.45, 2.75) is 6.42 Å². The number of hydrogen-bond donors (Lipinski definition) is 0. The minimum Gasteiger partial charge on any atom is -1.00 e. The molecule has 0 aromatic carbocycles. The fourth-order valence-corrected chi connectivity index (χ4v) is 0.246. The number of hydrogen-bond acceptors (Lipinski definition) is 4. The fraction of sp³-hybridized carbons (Fsp3) is 0.200. The van der Waals surface area contributed by atoms with Crippen molar-refractivity contribution in [2.75, 3.05) is 0 Å². The van der Waals surface area contributed by atoms with Crippen molar-refractivity contribution in [1.29, 1.82) is 0 Å². The molecule has 0 fully saturated rings. The molecule has 0 saturated heterocycles. The Balaban J connectivity index is -0.000000320. The molecule has 0 aromatic heterocycles. The molecule has 0 amide bonds. The van der Waals surface area contributed by atoms with Crippen LogP contribution in [0.2, 0.25) is 0 Å². The minimum atomic E-state index is -1.56. The van der Waals surface area contributed by atoms with Crippen LogP contribution in [-0.2, 0) is 9.59 Å². The Bertz CT molecular complexity index is 166. The third kappa shape index (κ3) is 9.26. The monoisotopic (exact) mass is 198 g/mol. The molecular weight excluding hydrogens is 195 g/mol. The van der Waals surface area contributed by atoms with E-state index in [9.17, 15) is 19.8 Å². The summed E-state index contributed by atoms with van der Waals surface area (Å²) in [5, 5.41) is 19.4. The third-order valence-corrected chi connectivity index (χ3v) is 0.646. The lowest BCUT2D eigenvalue weighted by Gasteiger charge is -2.05. The summed E-state index contributed by atoms with van der Waals surface area (Å²) in [5.74, 6) is -3.02. The van der Waals surface area contributed by atoms with E-state index in [2.05, 4.69) is 6.58 Å². The molecule has 11 heavy (non-hydrogen) atoms. The van der Waals surface area contributed by atoms with Crippen LogP contribution in [0.5, 0.6) is 0 Å². The van der Waals surface area contributed by atoms with E-state index >= 15 is 0 Å². The molecule has 6 heteroatoms. The SMILES string of the molecule is C=C(CC(=O)[O-])C(=O)[O-].[Cl-].[Cl-]. The van der Waals surface area contributed by atoms with E-state index in [1.807, 2.05) is 0 Å². The molecule has 0 bridgehead atoms. The highest BCUT2D eigenvalue weighted by Crippen LogP contribution is 1.92. The largest absolute Gasteiger partial charge is 1.00 e. The Morgan fingerprint density at radius 3 is 1.64 bits per heavy atom. The molecule has 0 rings (SSSR count). The van der Waals surface area contributed by atoms with E-state index in [-0.39, 0.29) is 24.8 Å². The van der Waals surface area contributed by atoms with Gasteiger partial charge < -0.3 is 44.6 Å². The molecule has 0 saturated carbocycles. The highest BCUT2D eigenvalue weighted by Gasteiger charge is 1.92. The quantitative estimate of drug-likeness (QED) is 0.422. The van der Waals surface area contributed by atoms with Gasteiger partial charge in [0.25, 0.3) is 0 Å². The topological polar surface area (TPSA) is 80.3 Å². The van der Waals surface area contributed by atoms with Gasteiger partial charge in [0.15, 0.2) is 0 Å². The number of carbonyl (C=O) groups excluding carboxylic acids is 2. The van der Waals surface area contributed by atoms with Gasteiger partial charge in [0.2, 0.25) is 0 Å². The molecule has 0 heterocycles. The zero-order valence-corrected chi connectivity index (χ0v) is 6.81. The Labute approximate surface area is 75.7 Å². The smallest absolute Gasteiger partial charge is 0.0672 e. The molecule has 66 valence electrons. The Morgan fingerprint density at radius 1 is 1.18 bits per heavy atom. The van der Waals surface area contributed by atoms with Crippen LogP contribution in [0.15, 0.2) is 12.2 Å². The van der Waals surface area contributed by atoms with Crippen LogP contribution in [0.3, 0.4) is 0 Å². The summed E-state index contributed by atoms with van der Waals surface area (Å²) in [6.45, 7) is 2.91. The van der Waals surface area contributed by atoms with Gasteiger partial charge in [-0.2, -0.15) is 0 Å². The zero-order chi connectivity index (χ0) is 7.44. The van der Waals surface area contributed by atoms with Crippen LogP contribution < -0.4 is 35.0 Å². The molecule has 0 aromatic rings. The molecule has 0 aliphatic heterocycles. The highest BCUT2D eigenvalue weighted by atomic mass is 35.5. The number of rotatable bonds is 3. The van der Waals surface area contributed by atoms with Crippen LogP contribution in [0.1, 0.15) is 6.42 Å².